The van der Waals surface area contributed by atoms with Crippen LogP contribution < -0.4 is 10.6 Å². The van der Waals surface area contributed by atoms with Crippen molar-refractivity contribution in [3.05, 3.63) is 12.2 Å². The second kappa shape index (κ2) is 10.0. The number of hydrogen-bond acceptors (Lipinski definition) is 4. The second-order valence-corrected chi connectivity index (χ2v) is 8.12. The average molecular weight is 394 g/mol. The molecule has 0 spiro atoms. The number of aliphatic hydroxyl groups is 1. The Balaban J connectivity index is 2.35. The van der Waals surface area contributed by atoms with Crippen molar-refractivity contribution in [2.75, 3.05) is 20.2 Å². The summed E-state index contributed by atoms with van der Waals surface area (Å²) < 4.78 is 0. The lowest BCUT2D eigenvalue weighted by Crippen LogP contribution is -2.49. The van der Waals surface area contributed by atoms with Crippen LogP contribution in [0.3, 0.4) is 0 Å². The number of fused-ring (bicyclic) bond motifs is 1. The van der Waals surface area contributed by atoms with E-state index in [0.717, 1.165) is 19.3 Å². The smallest absolute Gasteiger partial charge is 0.243 e. The van der Waals surface area contributed by atoms with E-state index in [2.05, 4.69) is 10.6 Å². The van der Waals surface area contributed by atoms with E-state index < -0.39 is 17.9 Å². The SMILES string of the molecule is CC[C@@H]1C=C[C@H]2[C@H](C(=O)N(CCCCCO)[C@@H]2C(=O)NC(C)C)[C@@H]1C(=O)NC. The van der Waals surface area contributed by atoms with Crippen LogP contribution in [0.25, 0.3) is 0 Å². The first-order chi connectivity index (χ1) is 13.4. The number of amides is 3. The molecule has 0 saturated carbocycles. The molecule has 158 valence electrons. The maximum Gasteiger partial charge on any atom is 0.243 e. The van der Waals surface area contributed by atoms with E-state index in [1.807, 2.05) is 32.9 Å². The van der Waals surface area contributed by atoms with E-state index in [9.17, 15) is 14.4 Å². The molecule has 1 aliphatic heterocycles. The maximum absolute atomic E-state index is 13.4. The fraction of sp³-hybridized carbons (Fsp3) is 0.762. The van der Waals surface area contributed by atoms with Crippen molar-refractivity contribution in [3.63, 3.8) is 0 Å². The second-order valence-electron chi connectivity index (χ2n) is 8.12. The van der Waals surface area contributed by atoms with Gasteiger partial charge in [0.25, 0.3) is 0 Å². The largest absolute Gasteiger partial charge is 0.396 e. The molecular weight excluding hydrogens is 358 g/mol. The van der Waals surface area contributed by atoms with E-state index in [4.69, 9.17) is 5.11 Å². The van der Waals surface area contributed by atoms with E-state index in [0.29, 0.717) is 13.0 Å². The molecule has 0 aromatic rings. The van der Waals surface area contributed by atoms with Crippen molar-refractivity contribution >= 4 is 17.7 Å². The first kappa shape index (κ1) is 22.4. The lowest BCUT2D eigenvalue weighted by atomic mass is 9.69. The third-order valence-corrected chi connectivity index (χ3v) is 5.89. The molecule has 5 atom stereocenters. The fourth-order valence-electron chi connectivity index (χ4n) is 4.59. The van der Waals surface area contributed by atoms with E-state index in [1.54, 1.807) is 11.9 Å². The molecular formula is C21H35N3O4. The molecule has 0 bridgehead atoms. The number of unbranched alkanes of at least 4 members (excludes halogenated alkanes) is 2. The Labute approximate surface area is 167 Å². The van der Waals surface area contributed by atoms with E-state index >= 15 is 0 Å². The molecule has 7 heteroatoms. The van der Waals surface area contributed by atoms with Gasteiger partial charge in [0.05, 0.1) is 11.8 Å². The number of allylic oxidation sites excluding steroid dienone is 1. The summed E-state index contributed by atoms with van der Waals surface area (Å²) in [6, 6.07) is -0.612. The molecule has 1 aliphatic carbocycles. The summed E-state index contributed by atoms with van der Waals surface area (Å²) in [6.07, 6.45) is 6.96. The molecule has 3 amide bonds. The van der Waals surface area contributed by atoms with Crippen molar-refractivity contribution in [3.8, 4) is 0 Å². The molecule has 0 unspecified atom stereocenters. The highest BCUT2D eigenvalue weighted by Crippen LogP contribution is 2.44. The highest BCUT2D eigenvalue weighted by atomic mass is 16.3. The summed E-state index contributed by atoms with van der Waals surface area (Å²) in [5.74, 6) is -1.65. The van der Waals surface area contributed by atoms with Gasteiger partial charge in [-0.15, -0.1) is 0 Å². The van der Waals surface area contributed by atoms with Crippen LogP contribution in [0.1, 0.15) is 46.5 Å². The van der Waals surface area contributed by atoms with Crippen molar-refractivity contribution < 1.29 is 19.5 Å². The van der Waals surface area contributed by atoms with E-state index in [-0.39, 0.29) is 42.2 Å². The normalized spacial score (nSPS) is 29.1. The third-order valence-electron chi connectivity index (χ3n) is 5.89. The topological polar surface area (TPSA) is 98.7 Å². The summed E-state index contributed by atoms with van der Waals surface area (Å²) in [4.78, 5) is 40.7. The maximum atomic E-state index is 13.4. The molecule has 1 saturated heterocycles. The Morgan fingerprint density at radius 2 is 1.89 bits per heavy atom. The summed E-state index contributed by atoms with van der Waals surface area (Å²) in [5.41, 5.74) is 0. The summed E-state index contributed by atoms with van der Waals surface area (Å²) in [7, 11) is 1.59. The molecule has 2 aliphatic rings. The number of nitrogens with one attached hydrogen (secondary N) is 2. The van der Waals surface area contributed by atoms with Crippen LogP contribution in [-0.4, -0.2) is 60.0 Å². The molecule has 1 fully saturated rings. The quantitative estimate of drug-likeness (QED) is 0.403. The zero-order valence-electron chi connectivity index (χ0n) is 17.5. The minimum absolute atomic E-state index is 0.00620. The van der Waals surface area contributed by atoms with Gasteiger partial charge in [-0.1, -0.05) is 19.1 Å². The Hall–Kier alpha value is -1.89. The van der Waals surface area contributed by atoms with Gasteiger partial charge in [-0.25, -0.2) is 0 Å². The predicted octanol–water partition coefficient (Wildman–Crippen LogP) is 1.08. The summed E-state index contributed by atoms with van der Waals surface area (Å²) in [5, 5.41) is 14.7. The van der Waals surface area contributed by atoms with Gasteiger partial charge in [-0.05, 0) is 45.4 Å². The van der Waals surface area contributed by atoms with Gasteiger partial charge in [0, 0.05) is 32.2 Å². The number of carbonyl (C=O) groups is 3. The Kier molecular flexibility index (Phi) is 8.04. The molecule has 3 N–H and O–H groups in total. The van der Waals surface area contributed by atoms with Gasteiger partial charge in [0.1, 0.15) is 6.04 Å². The van der Waals surface area contributed by atoms with Crippen LogP contribution in [0.2, 0.25) is 0 Å². The minimum atomic E-state index is -0.588. The Bertz CT molecular complexity index is 604. The summed E-state index contributed by atoms with van der Waals surface area (Å²) in [6.45, 7) is 6.40. The molecule has 0 aromatic heterocycles. The highest BCUT2D eigenvalue weighted by Gasteiger charge is 2.56. The molecule has 1 heterocycles. The zero-order valence-corrected chi connectivity index (χ0v) is 17.5. The van der Waals surface area contributed by atoms with Crippen LogP contribution in [0, 0.1) is 23.7 Å². The minimum Gasteiger partial charge on any atom is -0.396 e. The molecule has 7 nitrogen and oxygen atoms in total. The average Bonchev–Trinajstić information content (AvgIpc) is 2.95. The van der Waals surface area contributed by atoms with Gasteiger partial charge < -0.3 is 20.6 Å². The number of likely N-dealkylation sites (tertiary alicyclic amines) is 1. The summed E-state index contributed by atoms with van der Waals surface area (Å²) >= 11 is 0. The van der Waals surface area contributed by atoms with Gasteiger partial charge in [-0.3, -0.25) is 14.4 Å². The monoisotopic (exact) mass is 393 g/mol. The first-order valence-corrected chi connectivity index (χ1v) is 10.5. The van der Waals surface area contributed by atoms with Gasteiger partial charge >= 0.3 is 0 Å². The molecule has 0 aromatic carbocycles. The van der Waals surface area contributed by atoms with Crippen LogP contribution in [-0.2, 0) is 14.4 Å². The first-order valence-electron chi connectivity index (χ1n) is 10.5. The van der Waals surface area contributed by atoms with Crippen molar-refractivity contribution in [1.29, 1.82) is 0 Å². The van der Waals surface area contributed by atoms with Gasteiger partial charge in [0.2, 0.25) is 17.7 Å². The number of aliphatic hydroxyl groups excluding tert-OH is 1. The van der Waals surface area contributed by atoms with Crippen molar-refractivity contribution in [2.24, 2.45) is 23.7 Å². The zero-order chi connectivity index (χ0) is 20.8. The van der Waals surface area contributed by atoms with Crippen molar-refractivity contribution in [2.45, 2.75) is 58.5 Å². The molecule has 0 radical (unpaired) electrons. The number of hydrogen-bond donors (Lipinski definition) is 3. The van der Waals surface area contributed by atoms with Crippen LogP contribution >= 0.6 is 0 Å². The van der Waals surface area contributed by atoms with Crippen LogP contribution in [0.4, 0.5) is 0 Å². The fourth-order valence-corrected chi connectivity index (χ4v) is 4.59. The van der Waals surface area contributed by atoms with Crippen molar-refractivity contribution in [1.82, 2.24) is 15.5 Å². The highest BCUT2D eigenvalue weighted by molar-refractivity contribution is 5.96. The van der Waals surface area contributed by atoms with Crippen LogP contribution in [0.5, 0.6) is 0 Å². The molecule has 2 rings (SSSR count). The third kappa shape index (κ3) is 4.57. The predicted molar refractivity (Wildman–Crippen MR) is 107 cm³/mol. The number of carbonyl (C=O) groups excluding carboxylic acids is 3. The standard InChI is InChI=1S/C21H35N3O4/c1-5-14-9-10-15-17(16(14)19(26)22-4)21(28)24(11-7-6-8-12-25)18(15)20(27)23-13(2)3/h9-10,13-18,25H,5-8,11-12H2,1-4H3,(H,22,26)(H,23,27)/t14-,15+,16-,17+,18+/m1/s1. The number of nitrogens with zero attached hydrogens (tertiary/aromatic N) is 1. The lowest BCUT2D eigenvalue weighted by Gasteiger charge is -2.33. The van der Waals surface area contributed by atoms with Gasteiger partial charge in [0.15, 0.2) is 0 Å². The van der Waals surface area contributed by atoms with Crippen LogP contribution in [0.15, 0.2) is 12.2 Å². The van der Waals surface area contributed by atoms with Gasteiger partial charge in [-0.2, -0.15) is 0 Å². The van der Waals surface area contributed by atoms with E-state index in [1.165, 1.54) is 0 Å². The Morgan fingerprint density at radius 1 is 1.18 bits per heavy atom. The lowest BCUT2D eigenvalue weighted by molar-refractivity contribution is -0.140. The Morgan fingerprint density at radius 3 is 2.46 bits per heavy atom. The molecule has 28 heavy (non-hydrogen) atoms. The number of rotatable bonds is 9.